The number of carbonyl (C=O) groups is 1. The molecule has 0 saturated carbocycles. The predicted octanol–water partition coefficient (Wildman–Crippen LogP) is 1.14. The molecule has 0 bridgehead atoms. The molecule has 100 valence electrons. The maximum atomic E-state index is 11.5. The number of nitrogens with zero attached hydrogens (tertiary/aromatic N) is 1. The van der Waals surface area contributed by atoms with Gasteiger partial charge in [0.05, 0.1) is 13.7 Å². The van der Waals surface area contributed by atoms with E-state index in [1.807, 2.05) is 13.8 Å². The molecule has 0 fully saturated rings. The molecular formula is C13H20N2O3. The fourth-order valence-corrected chi connectivity index (χ4v) is 1.82. The van der Waals surface area contributed by atoms with Crippen molar-refractivity contribution in [2.75, 3.05) is 13.7 Å². The molecule has 0 aliphatic rings. The van der Waals surface area contributed by atoms with Crippen molar-refractivity contribution in [3.05, 3.63) is 23.0 Å². The number of methoxy groups -OCH3 is 1. The van der Waals surface area contributed by atoms with Crippen LogP contribution in [0.2, 0.25) is 0 Å². The third-order valence-corrected chi connectivity index (χ3v) is 2.75. The van der Waals surface area contributed by atoms with Crippen molar-refractivity contribution < 1.29 is 14.3 Å². The summed E-state index contributed by atoms with van der Waals surface area (Å²) in [6.07, 6.45) is 2.07. The number of nitrogens with two attached hydrogens (primary N) is 1. The predicted molar refractivity (Wildman–Crippen MR) is 68.6 cm³/mol. The number of ether oxygens (including phenoxy) is 2. The Morgan fingerprint density at radius 1 is 1.50 bits per heavy atom. The summed E-state index contributed by atoms with van der Waals surface area (Å²) in [6.45, 7) is 5.92. The van der Waals surface area contributed by atoms with Crippen LogP contribution in [-0.2, 0) is 16.0 Å². The van der Waals surface area contributed by atoms with E-state index in [0.717, 1.165) is 22.6 Å². The fourth-order valence-electron chi connectivity index (χ4n) is 1.82. The molecule has 1 unspecified atom stereocenters. The van der Waals surface area contributed by atoms with Crippen molar-refractivity contribution in [1.29, 1.82) is 0 Å². The molecule has 1 aromatic rings. The first kappa shape index (κ1) is 14.4. The highest BCUT2D eigenvalue weighted by atomic mass is 16.5. The second kappa shape index (κ2) is 6.35. The van der Waals surface area contributed by atoms with E-state index < -0.39 is 12.0 Å². The van der Waals surface area contributed by atoms with Gasteiger partial charge in [-0.25, -0.2) is 0 Å². The first-order valence-electron chi connectivity index (χ1n) is 5.92. The zero-order chi connectivity index (χ0) is 13.7. The minimum Gasteiger partial charge on any atom is -0.496 e. The number of pyridine rings is 1. The molecule has 1 rings (SSSR count). The number of hydrogen-bond acceptors (Lipinski definition) is 5. The Morgan fingerprint density at radius 2 is 2.17 bits per heavy atom. The van der Waals surface area contributed by atoms with Gasteiger partial charge >= 0.3 is 5.97 Å². The van der Waals surface area contributed by atoms with Crippen LogP contribution >= 0.6 is 0 Å². The van der Waals surface area contributed by atoms with E-state index in [2.05, 4.69) is 4.98 Å². The molecule has 0 aliphatic heterocycles. The number of aryl methyl sites for hydroxylation is 1. The van der Waals surface area contributed by atoms with Gasteiger partial charge in [-0.3, -0.25) is 9.78 Å². The average Bonchev–Trinajstić information content (AvgIpc) is 2.33. The van der Waals surface area contributed by atoms with Crippen molar-refractivity contribution >= 4 is 5.97 Å². The van der Waals surface area contributed by atoms with Crippen molar-refractivity contribution in [2.24, 2.45) is 5.73 Å². The lowest BCUT2D eigenvalue weighted by molar-refractivity contribution is -0.144. The van der Waals surface area contributed by atoms with Gasteiger partial charge in [0.15, 0.2) is 0 Å². The minimum atomic E-state index is -0.691. The van der Waals surface area contributed by atoms with E-state index in [-0.39, 0.29) is 0 Å². The van der Waals surface area contributed by atoms with Gasteiger partial charge in [-0.1, -0.05) is 0 Å². The number of aromatic nitrogens is 1. The zero-order valence-corrected chi connectivity index (χ0v) is 11.3. The summed E-state index contributed by atoms with van der Waals surface area (Å²) in [5, 5.41) is 0. The Hall–Kier alpha value is -1.62. The van der Waals surface area contributed by atoms with E-state index in [9.17, 15) is 4.79 Å². The maximum Gasteiger partial charge on any atom is 0.323 e. The SMILES string of the molecule is CCOC(=O)C(N)Cc1ncc(C)c(OC)c1C. The van der Waals surface area contributed by atoms with E-state index in [4.69, 9.17) is 15.2 Å². The summed E-state index contributed by atoms with van der Waals surface area (Å²) >= 11 is 0. The van der Waals surface area contributed by atoms with Crippen molar-refractivity contribution in [3.63, 3.8) is 0 Å². The van der Waals surface area contributed by atoms with Gasteiger partial charge in [0.1, 0.15) is 11.8 Å². The van der Waals surface area contributed by atoms with E-state index in [1.165, 1.54) is 0 Å². The van der Waals surface area contributed by atoms with Crippen LogP contribution < -0.4 is 10.5 Å². The Bertz CT molecular complexity index is 432. The van der Waals surface area contributed by atoms with Crippen LogP contribution in [0.1, 0.15) is 23.7 Å². The number of hydrogen-bond donors (Lipinski definition) is 1. The molecule has 0 amide bonds. The van der Waals surface area contributed by atoms with Gasteiger partial charge in [-0.15, -0.1) is 0 Å². The maximum absolute atomic E-state index is 11.5. The number of esters is 1. The Morgan fingerprint density at radius 3 is 2.72 bits per heavy atom. The quantitative estimate of drug-likeness (QED) is 0.795. The van der Waals surface area contributed by atoms with E-state index in [0.29, 0.717) is 13.0 Å². The molecule has 0 aromatic carbocycles. The smallest absolute Gasteiger partial charge is 0.323 e. The highest BCUT2D eigenvalue weighted by Gasteiger charge is 2.18. The van der Waals surface area contributed by atoms with Crippen LogP contribution in [0.3, 0.4) is 0 Å². The van der Waals surface area contributed by atoms with E-state index in [1.54, 1.807) is 20.2 Å². The molecule has 1 heterocycles. The summed E-state index contributed by atoms with van der Waals surface area (Å²) in [4.78, 5) is 15.8. The van der Waals surface area contributed by atoms with Crippen LogP contribution in [0.5, 0.6) is 5.75 Å². The molecule has 5 nitrogen and oxygen atoms in total. The van der Waals surface area contributed by atoms with Gasteiger partial charge in [-0.05, 0) is 20.8 Å². The first-order valence-corrected chi connectivity index (χ1v) is 5.92. The third kappa shape index (κ3) is 3.20. The van der Waals surface area contributed by atoms with Gasteiger partial charge in [0, 0.05) is 29.4 Å². The van der Waals surface area contributed by atoms with Crippen molar-refractivity contribution in [1.82, 2.24) is 4.98 Å². The average molecular weight is 252 g/mol. The van der Waals surface area contributed by atoms with Crippen molar-refractivity contribution in [2.45, 2.75) is 33.2 Å². The Kier molecular flexibility index (Phi) is 5.09. The van der Waals surface area contributed by atoms with Crippen LogP contribution in [0.15, 0.2) is 6.20 Å². The summed E-state index contributed by atoms with van der Waals surface area (Å²) < 4.78 is 10.2. The van der Waals surface area contributed by atoms with Crippen LogP contribution in [-0.4, -0.2) is 30.7 Å². The molecule has 0 spiro atoms. The second-order valence-corrected chi connectivity index (χ2v) is 4.11. The van der Waals surface area contributed by atoms with Crippen LogP contribution in [0.4, 0.5) is 0 Å². The molecule has 2 N–H and O–H groups in total. The molecule has 0 saturated heterocycles. The van der Waals surface area contributed by atoms with E-state index >= 15 is 0 Å². The molecule has 1 aromatic heterocycles. The molecular weight excluding hydrogens is 232 g/mol. The lowest BCUT2D eigenvalue weighted by Crippen LogP contribution is -2.34. The summed E-state index contributed by atoms with van der Waals surface area (Å²) in [7, 11) is 1.62. The first-order chi connectivity index (χ1) is 8.51. The summed E-state index contributed by atoms with van der Waals surface area (Å²) in [5.74, 6) is 0.384. The summed E-state index contributed by atoms with van der Waals surface area (Å²) in [6, 6.07) is -0.691. The lowest BCUT2D eigenvalue weighted by Gasteiger charge is -2.14. The second-order valence-electron chi connectivity index (χ2n) is 4.11. The Labute approximate surface area is 107 Å². The standard InChI is InChI=1S/C13H20N2O3/c1-5-18-13(16)10(14)6-11-9(3)12(17-4)8(2)7-15-11/h7,10H,5-6,14H2,1-4H3. The highest BCUT2D eigenvalue weighted by Crippen LogP contribution is 2.24. The molecule has 0 aliphatic carbocycles. The van der Waals surface area contributed by atoms with Crippen LogP contribution in [0.25, 0.3) is 0 Å². The molecule has 1 atom stereocenters. The Balaban J connectivity index is 2.88. The molecule has 5 heteroatoms. The van der Waals surface area contributed by atoms with Gasteiger partial charge in [-0.2, -0.15) is 0 Å². The van der Waals surface area contributed by atoms with Gasteiger partial charge in [0.2, 0.25) is 0 Å². The third-order valence-electron chi connectivity index (χ3n) is 2.75. The minimum absolute atomic E-state index is 0.330. The largest absolute Gasteiger partial charge is 0.496 e. The monoisotopic (exact) mass is 252 g/mol. The fraction of sp³-hybridized carbons (Fsp3) is 0.538. The lowest BCUT2D eigenvalue weighted by atomic mass is 10.0. The van der Waals surface area contributed by atoms with Crippen molar-refractivity contribution in [3.8, 4) is 5.75 Å². The number of rotatable bonds is 5. The highest BCUT2D eigenvalue weighted by molar-refractivity contribution is 5.75. The topological polar surface area (TPSA) is 74.4 Å². The van der Waals surface area contributed by atoms with Crippen LogP contribution in [0, 0.1) is 13.8 Å². The zero-order valence-electron chi connectivity index (χ0n) is 11.3. The normalized spacial score (nSPS) is 12.1. The van der Waals surface area contributed by atoms with Gasteiger partial charge < -0.3 is 15.2 Å². The number of carbonyl (C=O) groups excluding carboxylic acids is 1. The molecule has 0 radical (unpaired) electrons. The molecule has 18 heavy (non-hydrogen) atoms. The van der Waals surface area contributed by atoms with Gasteiger partial charge in [0.25, 0.3) is 0 Å². The summed E-state index contributed by atoms with van der Waals surface area (Å²) in [5.41, 5.74) is 8.42.